The minimum atomic E-state index is -0.299. The van der Waals surface area contributed by atoms with Gasteiger partial charge in [0.2, 0.25) is 5.91 Å². The van der Waals surface area contributed by atoms with Gasteiger partial charge in [-0.2, -0.15) is 16.9 Å². The second kappa shape index (κ2) is 8.31. The van der Waals surface area contributed by atoms with E-state index in [4.69, 9.17) is 5.10 Å². The topological polar surface area (TPSA) is 67.2 Å². The van der Waals surface area contributed by atoms with Crippen molar-refractivity contribution in [3.05, 3.63) is 72.4 Å². The molecule has 4 rings (SSSR count). The lowest BCUT2D eigenvalue weighted by Gasteiger charge is -2.11. The molecule has 7 heteroatoms. The Morgan fingerprint density at radius 3 is 2.39 bits per heavy atom. The summed E-state index contributed by atoms with van der Waals surface area (Å²) in [5, 5.41) is 7.35. The molecule has 0 spiro atoms. The van der Waals surface area contributed by atoms with Crippen LogP contribution in [-0.2, 0) is 10.5 Å². The lowest BCUT2D eigenvalue weighted by molar-refractivity contribution is -0.124. The van der Waals surface area contributed by atoms with E-state index in [1.165, 1.54) is 4.90 Å². The molecule has 1 fully saturated rings. The van der Waals surface area contributed by atoms with Crippen molar-refractivity contribution in [3.8, 4) is 16.9 Å². The van der Waals surface area contributed by atoms with Gasteiger partial charge in [0.1, 0.15) is 0 Å². The van der Waals surface area contributed by atoms with Crippen LogP contribution in [0.3, 0.4) is 0 Å². The zero-order valence-corrected chi connectivity index (χ0v) is 16.1. The number of hydrogen-bond acceptors (Lipinski definition) is 4. The van der Waals surface area contributed by atoms with E-state index in [0.717, 1.165) is 28.3 Å². The normalized spacial score (nSPS) is 13.8. The molecule has 1 aliphatic rings. The van der Waals surface area contributed by atoms with Crippen LogP contribution in [0, 0.1) is 0 Å². The molecular formula is C21H20N4O2S. The molecule has 1 aliphatic heterocycles. The van der Waals surface area contributed by atoms with E-state index in [9.17, 15) is 9.59 Å². The second-order valence-corrected chi connectivity index (χ2v) is 7.51. The highest BCUT2D eigenvalue weighted by atomic mass is 32.2. The number of carbonyl (C=O) groups excluding carboxylic acids is 2. The van der Waals surface area contributed by atoms with E-state index in [2.05, 4.69) is 23.6 Å². The maximum absolute atomic E-state index is 11.7. The zero-order chi connectivity index (χ0) is 19.3. The maximum atomic E-state index is 11.7. The smallest absolute Gasteiger partial charge is 0.324 e. The zero-order valence-electron chi connectivity index (χ0n) is 15.2. The van der Waals surface area contributed by atoms with E-state index in [0.29, 0.717) is 12.3 Å². The van der Waals surface area contributed by atoms with E-state index in [1.807, 2.05) is 53.2 Å². The number of aromatic nitrogens is 2. The van der Waals surface area contributed by atoms with Gasteiger partial charge in [0.05, 0.1) is 17.9 Å². The van der Waals surface area contributed by atoms with Crippen molar-refractivity contribution >= 4 is 23.7 Å². The molecule has 0 unspecified atom stereocenters. The Balaban J connectivity index is 1.49. The number of carbonyl (C=O) groups is 2. The Morgan fingerprint density at radius 1 is 1.00 bits per heavy atom. The van der Waals surface area contributed by atoms with Crippen LogP contribution < -0.4 is 5.32 Å². The van der Waals surface area contributed by atoms with Crippen LogP contribution in [0.5, 0.6) is 0 Å². The number of imide groups is 1. The largest absolute Gasteiger partial charge is 0.329 e. The average molecular weight is 392 g/mol. The average Bonchev–Trinajstić information content (AvgIpc) is 3.30. The van der Waals surface area contributed by atoms with Crippen LogP contribution in [0.2, 0.25) is 0 Å². The standard InChI is InChI=1S/C21H20N4O2S/c26-19-13-22-21(27)24(19)11-12-28-15-17-14-25(18-9-5-2-6-10-18)23-20(17)16-7-3-1-4-8-16/h1-10,14H,11-13,15H2,(H,22,27). The summed E-state index contributed by atoms with van der Waals surface area (Å²) in [4.78, 5) is 24.6. The number of benzene rings is 2. The van der Waals surface area contributed by atoms with Crippen LogP contribution in [-0.4, -0.2) is 45.5 Å². The Hall–Kier alpha value is -3.06. The molecule has 1 aromatic heterocycles. The monoisotopic (exact) mass is 392 g/mol. The first-order valence-corrected chi connectivity index (χ1v) is 10.2. The lowest BCUT2D eigenvalue weighted by atomic mass is 10.1. The molecule has 0 saturated carbocycles. The Labute approximate surface area is 167 Å². The number of para-hydroxylation sites is 1. The first kappa shape index (κ1) is 18.3. The summed E-state index contributed by atoms with van der Waals surface area (Å²) in [5.41, 5.74) is 4.15. The van der Waals surface area contributed by atoms with Gasteiger partial charge in [0, 0.05) is 35.4 Å². The molecule has 28 heavy (non-hydrogen) atoms. The molecule has 3 aromatic rings. The van der Waals surface area contributed by atoms with Gasteiger partial charge < -0.3 is 5.32 Å². The first-order valence-electron chi connectivity index (χ1n) is 9.08. The number of nitrogens with zero attached hydrogens (tertiary/aromatic N) is 3. The summed E-state index contributed by atoms with van der Waals surface area (Å²) in [5.74, 6) is 1.28. The highest BCUT2D eigenvalue weighted by molar-refractivity contribution is 7.98. The summed E-state index contributed by atoms with van der Waals surface area (Å²) in [6, 6.07) is 19.8. The predicted molar refractivity (Wildman–Crippen MR) is 110 cm³/mol. The molecule has 0 radical (unpaired) electrons. The molecule has 6 nitrogen and oxygen atoms in total. The Kier molecular flexibility index (Phi) is 5.43. The second-order valence-electron chi connectivity index (χ2n) is 6.41. The van der Waals surface area contributed by atoms with Crippen LogP contribution in [0.1, 0.15) is 5.56 Å². The number of nitrogens with one attached hydrogen (secondary N) is 1. The molecule has 1 N–H and O–H groups in total. The van der Waals surface area contributed by atoms with Gasteiger partial charge in [-0.1, -0.05) is 48.5 Å². The SMILES string of the molecule is O=C1CNC(=O)N1CCSCc1cn(-c2ccccc2)nc1-c1ccccc1. The first-order chi connectivity index (χ1) is 13.7. The minimum Gasteiger partial charge on any atom is -0.329 e. The third-order valence-electron chi connectivity index (χ3n) is 4.51. The summed E-state index contributed by atoms with van der Waals surface area (Å²) in [7, 11) is 0. The fourth-order valence-electron chi connectivity index (χ4n) is 3.09. The fourth-order valence-corrected chi connectivity index (χ4v) is 3.97. The molecular weight excluding hydrogens is 372 g/mol. The molecule has 1 saturated heterocycles. The number of urea groups is 1. The summed E-state index contributed by atoms with van der Waals surface area (Å²) in [6.45, 7) is 0.522. The summed E-state index contributed by atoms with van der Waals surface area (Å²) in [6.07, 6.45) is 2.05. The number of amides is 3. The van der Waals surface area contributed by atoms with Gasteiger partial charge in [0.25, 0.3) is 0 Å². The van der Waals surface area contributed by atoms with E-state index in [-0.39, 0.29) is 18.5 Å². The summed E-state index contributed by atoms with van der Waals surface area (Å²) < 4.78 is 1.90. The molecule has 0 aliphatic carbocycles. The van der Waals surface area contributed by atoms with Crippen molar-refractivity contribution in [2.75, 3.05) is 18.8 Å². The highest BCUT2D eigenvalue weighted by Gasteiger charge is 2.27. The molecule has 2 heterocycles. The van der Waals surface area contributed by atoms with E-state index in [1.54, 1.807) is 11.8 Å². The van der Waals surface area contributed by atoms with Crippen LogP contribution >= 0.6 is 11.8 Å². The molecule has 142 valence electrons. The highest BCUT2D eigenvalue weighted by Crippen LogP contribution is 2.27. The maximum Gasteiger partial charge on any atom is 0.324 e. The van der Waals surface area contributed by atoms with Crippen molar-refractivity contribution in [2.24, 2.45) is 0 Å². The number of thioether (sulfide) groups is 1. The van der Waals surface area contributed by atoms with E-state index >= 15 is 0 Å². The van der Waals surface area contributed by atoms with Crippen molar-refractivity contribution in [2.45, 2.75) is 5.75 Å². The third-order valence-corrected chi connectivity index (χ3v) is 5.50. The molecule has 0 atom stereocenters. The van der Waals surface area contributed by atoms with Crippen molar-refractivity contribution < 1.29 is 9.59 Å². The van der Waals surface area contributed by atoms with Crippen LogP contribution in [0.15, 0.2) is 66.9 Å². The Bertz CT molecular complexity index is 957. The van der Waals surface area contributed by atoms with Crippen molar-refractivity contribution in [1.82, 2.24) is 20.0 Å². The Morgan fingerprint density at radius 2 is 1.71 bits per heavy atom. The third kappa shape index (κ3) is 3.94. The molecule has 2 aromatic carbocycles. The van der Waals surface area contributed by atoms with Gasteiger partial charge in [-0.25, -0.2) is 9.48 Å². The van der Waals surface area contributed by atoms with Gasteiger partial charge in [0.15, 0.2) is 0 Å². The summed E-state index contributed by atoms with van der Waals surface area (Å²) >= 11 is 1.69. The quantitative estimate of drug-likeness (QED) is 0.495. The van der Waals surface area contributed by atoms with Gasteiger partial charge >= 0.3 is 6.03 Å². The predicted octanol–water partition coefficient (Wildman–Crippen LogP) is 3.32. The van der Waals surface area contributed by atoms with Gasteiger partial charge in [-0.05, 0) is 12.1 Å². The number of rotatable bonds is 7. The lowest BCUT2D eigenvalue weighted by Crippen LogP contribution is -2.32. The fraction of sp³-hybridized carbons (Fsp3) is 0.190. The van der Waals surface area contributed by atoms with Crippen molar-refractivity contribution in [3.63, 3.8) is 0 Å². The van der Waals surface area contributed by atoms with Crippen LogP contribution in [0.25, 0.3) is 16.9 Å². The number of hydrogen-bond donors (Lipinski definition) is 1. The van der Waals surface area contributed by atoms with Gasteiger partial charge in [-0.3, -0.25) is 9.69 Å². The van der Waals surface area contributed by atoms with Crippen LogP contribution in [0.4, 0.5) is 4.79 Å². The van der Waals surface area contributed by atoms with Gasteiger partial charge in [-0.15, -0.1) is 0 Å². The molecule has 0 bridgehead atoms. The van der Waals surface area contributed by atoms with E-state index < -0.39 is 0 Å². The minimum absolute atomic E-state index is 0.103. The molecule has 3 amide bonds. The van der Waals surface area contributed by atoms with Crippen molar-refractivity contribution in [1.29, 1.82) is 0 Å².